The quantitative estimate of drug-likeness (QED) is 0.528. The van der Waals surface area contributed by atoms with Crippen molar-refractivity contribution in [3.05, 3.63) is 0 Å². The Bertz CT molecular complexity index is 327. The molecule has 0 aromatic heterocycles. The van der Waals surface area contributed by atoms with Crippen LogP contribution in [0, 0.1) is 11.8 Å². The molecular weight excluding hydrogens is 218 g/mol. The third-order valence-electron chi connectivity index (χ3n) is 3.11. The third-order valence-corrected chi connectivity index (χ3v) is 3.11. The van der Waals surface area contributed by atoms with Crippen molar-refractivity contribution < 1.29 is 14.3 Å². The first-order valence-corrected chi connectivity index (χ1v) is 6.27. The van der Waals surface area contributed by atoms with Gasteiger partial charge in [0.05, 0.1) is 38.5 Å². The van der Waals surface area contributed by atoms with Gasteiger partial charge in [-0.2, -0.15) is 0 Å². The lowest BCUT2D eigenvalue weighted by atomic mass is 10.1. The molecule has 1 atom stereocenters. The van der Waals surface area contributed by atoms with E-state index >= 15 is 0 Å². The predicted octanol–water partition coefficient (Wildman–Crippen LogP) is 0.459. The van der Waals surface area contributed by atoms with E-state index in [-0.39, 0.29) is 11.8 Å². The normalized spacial score (nSPS) is 25.8. The number of carbonyl (C=O) groups excluding carboxylic acids is 1. The van der Waals surface area contributed by atoms with Crippen LogP contribution in [0.1, 0.15) is 19.8 Å². The van der Waals surface area contributed by atoms with Crippen LogP contribution in [0.5, 0.6) is 0 Å². The van der Waals surface area contributed by atoms with Gasteiger partial charge in [-0.05, 0) is 12.3 Å². The molecule has 0 saturated carbocycles. The van der Waals surface area contributed by atoms with Gasteiger partial charge < -0.3 is 9.47 Å². The van der Waals surface area contributed by atoms with Crippen LogP contribution in [0.4, 0.5) is 0 Å². The van der Waals surface area contributed by atoms with Gasteiger partial charge in [0.1, 0.15) is 0 Å². The number of rotatable bonds is 3. The van der Waals surface area contributed by atoms with Crippen LogP contribution in [0.2, 0.25) is 0 Å². The average molecular weight is 237 g/mol. The second-order valence-corrected chi connectivity index (χ2v) is 4.46. The van der Waals surface area contributed by atoms with Crippen molar-refractivity contribution in [2.45, 2.75) is 31.8 Å². The van der Waals surface area contributed by atoms with E-state index in [0.29, 0.717) is 19.1 Å². The van der Waals surface area contributed by atoms with Gasteiger partial charge in [0.2, 0.25) is 5.78 Å². The molecule has 2 rings (SSSR count). The second kappa shape index (κ2) is 6.15. The zero-order valence-corrected chi connectivity index (χ0v) is 10.3. The smallest absolute Gasteiger partial charge is 0.205 e. The Balaban J connectivity index is 1.93. The molecule has 0 aromatic carbocycles. The Morgan fingerprint density at radius 1 is 1.35 bits per heavy atom. The number of ether oxygens (including phenoxy) is 2. The monoisotopic (exact) mass is 237 g/mol. The van der Waals surface area contributed by atoms with Crippen molar-refractivity contribution in [1.29, 1.82) is 0 Å². The largest absolute Gasteiger partial charge is 0.378 e. The molecule has 94 valence electrons. The molecule has 2 aliphatic heterocycles. The lowest BCUT2D eigenvalue weighted by Gasteiger charge is -2.42. The van der Waals surface area contributed by atoms with E-state index in [4.69, 9.17) is 9.47 Å². The fourth-order valence-electron chi connectivity index (χ4n) is 2.05. The third kappa shape index (κ3) is 3.29. The SMILES string of the molecule is CCCC(=O)C#CC1COCCN1C1COC1. The highest BCUT2D eigenvalue weighted by molar-refractivity contribution is 5.95. The minimum absolute atomic E-state index is 0.0304. The Morgan fingerprint density at radius 2 is 2.18 bits per heavy atom. The number of ketones is 1. The molecule has 4 nitrogen and oxygen atoms in total. The maximum atomic E-state index is 11.4. The minimum atomic E-state index is 0.0304. The molecule has 1 unspecified atom stereocenters. The summed E-state index contributed by atoms with van der Waals surface area (Å²) >= 11 is 0. The van der Waals surface area contributed by atoms with E-state index < -0.39 is 0 Å². The lowest BCUT2D eigenvalue weighted by molar-refractivity contribution is -0.114. The summed E-state index contributed by atoms with van der Waals surface area (Å²) < 4.78 is 10.6. The Hall–Kier alpha value is -0.890. The summed E-state index contributed by atoms with van der Waals surface area (Å²) in [5.41, 5.74) is 0. The van der Waals surface area contributed by atoms with Crippen molar-refractivity contribution in [3.8, 4) is 11.8 Å². The molecule has 2 heterocycles. The number of morpholine rings is 1. The standard InChI is InChI=1S/C13H19NO3/c1-2-3-13(15)5-4-11-8-16-7-6-14(11)12-9-17-10-12/h11-12H,2-3,6-10H2,1H3. The maximum absolute atomic E-state index is 11.4. The van der Waals surface area contributed by atoms with Crippen LogP contribution in [0.25, 0.3) is 0 Å². The minimum Gasteiger partial charge on any atom is -0.378 e. The summed E-state index contributed by atoms with van der Waals surface area (Å²) in [6, 6.07) is 0.512. The molecule has 2 aliphatic rings. The lowest BCUT2D eigenvalue weighted by Crippen LogP contribution is -2.57. The van der Waals surface area contributed by atoms with Gasteiger partial charge in [-0.25, -0.2) is 0 Å². The van der Waals surface area contributed by atoms with Crippen LogP contribution in [-0.2, 0) is 14.3 Å². The van der Waals surface area contributed by atoms with Gasteiger partial charge in [-0.1, -0.05) is 12.8 Å². The molecule has 0 aliphatic carbocycles. The first-order chi connectivity index (χ1) is 8.31. The second-order valence-electron chi connectivity index (χ2n) is 4.46. The molecule has 0 spiro atoms. The van der Waals surface area contributed by atoms with Crippen LogP contribution in [-0.4, -0.2) is 55.7 Å². The van der Waals surface area contributed by atoms with E-state index in [0.717, 1.165) is 32.8 Å². The van der Waals surface area contributed by atoms with Gasteiger partial charge in [-0.3, -0.25) is 9.69 Å². The summed E-state index contributed by atoms with van der Waals surface area (Å²) in [7, 11) is 0. The van der Waals surface area contributed by atoms with E-state index in [2.05, 4.69) is 16.7 Å². The topological polar surface area (TPSA) is 38.8 Å². The zero-order valence-electron chi connectivity index (χ0n) is 10.3. The molecule has 0 aromatic rings. The molecule has 4 heteroatoms. The first kappa shape index (κ1) is 12.6. The summed E-state index contributed by atoms with van der Waals surface area (Å²) in [5.74, 6) is 5.82. The molecule has 2 fully saturated rings. The van der Waals surface area contributed by atoms with Gasteiger partial charge in [-0.15, -0.1) is 0 Å². The molecule has 2 saturated heterocycles. The summed E-state index contributed by atoms with van der Waals surface area (Å²) in [4.78, 5) is 13.7. The first-order valence-electron chi connectivity index (χ1n) is 6.27. The number of Topliss-reactive ketones (excluding diaryl/α,β-unsaturated/α-hetero) is 1. The molecule has 0 amide bonds. The van der Waals surface area contributed by atoms with Crippen molar-refractivity contribution in [1.82, 2.24) is 4.90 Å². The summed E-state index contributed by atoms with van der Waals surface area (Å²) in [6.45, 7) is 5.78. The van der Waals surface area contributed by atoms with Gasteiger partial charge in [0.15, 0.2) is 0 Å². The van der Waals surface area contributed by atoms with Crippen molar-refractivity contribution in [2.75, 3.05) is 33.0 Å². The van der Waals surface area contributed by atoms with Crippen molar-refractivity contribution in [3.63, 3.8) is 0 Å². The molecular formula is C13H19NO3. The summed E-state index contributed by atoms with van der Waals surface area (Å²) in [6.07, 6.45) is 1.40. The Morgan fingerprint density at radius 3 is 2.82 bits per heavy atom. The van der Waals surface area contributed by atoms with Gasteiger partial charge in [0, 0.05) is 13.0 Å². The molecule has 0 radical (unpaired) electrons. The van der Waals surface area contributed by atoms with E-state index in [1.54, 1.807) is 0 Å². The van der Waals surface area contributed by atoms with Crippen molar-refractivity contribution in [2.24, 2.45) is 0 Å². The van der Waals surface area contributed by atoms with Gasteiger partial charge in [0.25, 0.3) is 0 Å². The predicted molar refractivity (Wildman–Crippen MR) is 63.6 cm³/mol. The Labute approximate surface area is 102 Å². The van der Waals surface area contributed by atoms with E-state index in [1.807, 2.05) is 6.92 Å². The highest BCUT2D eigenvalue weighted by Crippen LogP contribution is 2.16. The van der Waals surface area contributed by atoms with Crippen LogP contribution < -0.4 is 0 Å². The van der Waals surface area contributed by atoms with E-state index in [9.17, 15) is 4.79 Å². The zero-order chi connectivity index (χ0) is 12.1. The van der Waals surface area contributed by atoms with Crippen LogP contribution >= 0.6 is 0 Å². The number of hydrogen-bond donors (Lipinski definition) is 0. The highest BCUT2D eigenvalue weighted by Gasteiger charge is 2.32. The fraction of sp³-hybridized carbons (Fsp3) is 0.769. The average Bonchev–Trinajstić information content (AvgIpc) is 2.26. The summed E-state index contributed by atoms with van der Waals surface area (Å²) in [5, 5.41) is 0. The molecule has 0 N–H and O–H groups in total. The van der Waals surface area contributed by atoms with Crippen LogP contribution in [0.15, 0.2) is 0 Å². The van der Waals surface area contributed by atoms with Crippen molar-refractivity contribution >= 4 is 5.78 Å². The number of carbonyl (C=O) groups is 1. The van der Waals surface area contributed by atoms with Gasteiger partial charge >= 0.3 is 0 Å². The number of hydrogen-bond acceptors (Lipinski definition) is 4. The van der Waals surface area contributed by atoms with E-state index in [1.165, 1.54) is 0 Å². The fourth-order valence-corrected chi connectivity index (χ4v) is 2.05. The molecule has 0 bridgehead atoms. The maximum Gasteiger partial charge on any atom is 0.205 e. The van der Waals surface area contributed by atoms with Crippen LogP contribution in [0.3, 0.4) is 0 Å². The molecule has 17 heavy (non-hydrogen) atoms. The highest BCUT2D eigenvalue weighted by atomic mass is 16.5. The Kier molecular flexibility index (Phi) is 4.55. The number of nitrogens with zero attached hydrogens (tertiary/aromatic N) is 1.